The molecule has 1 unspecified atom stereocenters. The number of halogens is 1. The van der Waals surface area contributed by atoms with Crippen LogP contribution < -0.4 is 16.2 Å². The van der Waals surface area contributed by atoms with Crippen LogP contribution in [0.25, 0.3) is 11.3 Å². The summed E-state index contributed by atoms with van der Waals surface area (Å²) in [7, 11) is 0. The summed E-state index contributed by atoms with van der Waals surface area (Å²) >= 11 is 0. The average Bonchev–Trinajstić information content (AvgIpc) is 3.20. The zero-order valence-electron chi connectivity index (χ0n) is 20.3. The molecule has 2 aliphatic rings. The average molecular weight is 490 g/mol. The maximum atomic E-state index is 13.1. The van der Waals surface area contributed by atoms with E-state index in [9.17, 15) is 19.6 Å². The predicted molar refractivity (Wildman–Crippen MR) is 135 cm³/mol. The molecule has 3 aromatic rings. The van der Waals surface area contributed by atoms with Gasteiger partial charge in [-0.05, 0) is 42.3 Å². The molecule has 1 fully saturated rings. The highest BCUT2D eigenvalue weighted by atomic mass is 19.1. The van der Waals surface area contributed by atoms with Crippen molar-refractivity contribution in [3.8, 4) is 17.3 Å². The van der Waals surface area contributed by atoms with Crippen molar-refractivity contribution in [1.29, 1.82) is 5.26 Å². The van der Waals surface area contributed by atoms with Gasteiger partial charge in [0.25, 0.3) is 5.56 Å². The van der Waals surface area contributed by atoms with E-state index < -0.39 is 11.6 Å². The van der Waals surface area contributed by atoms with Gasteiger partial charge in [-0.15, -0.1) is 0 Å². The van der Waals surface area contributed by atoms with Gasteiger partial charge in [0.2, 0.25) is 5.95 Å². The second-order valence-electron chi connectivity index (χ2n) is 9.81. The van der Waals surface area contributed by atoms with Gasteiger partial charge in [0.15, 0.2) is 0 Å². The first-order valence-electron chi connectivity index (χ1n) is 11.9. The third-order valence-electron chi connectivity index (χ3n) is 6.90. The summed E-state index contributed by atoms with van der Waals surface area (Å²) in [5.74, 6) is 0.256. The van der Waals surface area contributed by atoms with Crippen LogP contribution in [0.2, 0.25) is 0 Å². The summed E-state index contributed by atoms with van der Waals surface area (Å²) < 4.78 is 14.7. The number of hydrogen-bond acceptors (Lipinski definition) is 8. The number of aromatic nitrogens is 3. The van der Waals surface area contributed by atoms with Crippen LogP contribution in [0.3, 0.4) is 0 Å². The molecule has 2 aliphatic heterocycles. The van der Waals surface area contributed by atoms with Crippen molar-refractivity contribution in [3.63, 3.8) is 0 Å². The molecule has 1 aromatic carbocycles. The molecule has 1 atom stereocenters. The number of pyridine rings is 1. The summed E-state index contributed by atoms with van der Waals surface area (Å²) in [6.45, 7) is 6.24. The lowest BCUT2D eigenvalue weighted by Gasteiger charge is -2.34. The Bertz CT molecular complexity index is 1410. The van der Waals surface area contributed by atoms with Gasteiger partial charge in [-0.3, -0.25) is 9.69 Å². The fourth-order valence-corrected chi connectivity index (χ4v) is 4.74. The molecule has 5 rings (SSSR count). The van der Waals surface area contributed by atoms with Crippen LogP contribution in [0, 0.1) is 18.3 Å². The van der Waals surface area contributed by atoms with E-state index in [0.717, 1.165) is 22.4 Å². The van der Waals surface area contributed by atoms with Crippen molar-refractivity contribution in [2.24, 2.45) is 0 Å². The quantitative estimate of drug-likeness (QED) is 0.463. The lowest BCUT2D eigenvalue weighted by Crippen LogP contribution is -2.49. The summed E-state index contributed by atoms with van der Waals surface area (Å²) in [4.78, 5) is 23.9. The molecule has 0 radical (unpaired) electrons. The Labute approximate surface area is 208 Å². The second kappa shape index (κ2) is 9.33. The molecule has 0 aliphatic carbocycles. The molecule has 10 heteroatoms. The van der Waals surface area contributed by atoms with Gasteiger partial charge in [0.05, 0.1) is 23.6 Å². The van der Waals surface area contributed by atoms with E-state index in [1.807, 2.05) is 24.8 Å². The number of nitrogens with one attached hydrogen (secondary N) is 2. The molecule has 9 nitrogen and oxygen atoms in total. The molecular formula is C26H28FN7O2. The SMILES string of the molecule is Cc1cc(Nc2nccc(-c3cc(C#N)c4c(c3)C(C)(CO)CN4)n2)c(=O)n(CCN2CC(F)C2)c1. The molecule has 186 valence electrons. The fraction of sp³-hybridized carbons (Fsp3) is 0.385. The molecule has 1 saturated heterocycles. The van der Waals surface area contributed by atoms with E-state index in [1.165, 1.54) is 0 Å². The maximum Gasteiger partial charge on any atom is 0.274 e. The Hall–Kier alpha value is -3.81. The lowest BCUT2D eigenvalue weighted by atomic mass is 9.83. The fourth-order valence-electron chi connectivity index (χ4n) is 4.74. The molecule has 0 saturated carbocycles. The van der Waals surface area contributed by atoms with Gasteiger partial charge < -0.3 is 20.3 Å². The van der Waals surface area contributed by atoms with Gasteiger partial charge in [-0.1, -0.05) is 6.92 Å². The predicted octanol–water partition coefficient (Wildman–Crippen LogP) is 2.56. The largest absolute Gasteiger partial charge is 0.395 e. The first-order valence-corrected chi connectivity index (χ1v) is 11.9. The summed E-state index contributed by atoms with van der Waals surface area (Å²) in [5.41, 5.74) is 3.94. The highest BCUT2D eigenvalue weighted by molar-refractivity contribution is 5.76. The lowest BCUT2D eigenvalue weighted by molar-refractivity contribution is 0.0626. The van der Waals surface area contributed by atoms with Crippen LogP contribution in [0.1, 0.15) is 23.6 Å². The number of fused-ring (bicyclic) bond motifs is 1. The minimum atomic E-state index is -0.774. The van der Waals surface area contributed by atoms with Crippen LogP contribution in [-0.2, 0) is 12.0 Å². The summed E-state index contributed by atoms with van der Waals surface area (Å²) in [5, 5.41) is 26.0. The highest BCUT2D eigenvalue weighted by Crippen LogP contribution is 2.41. The number of aryl methyl sites for hydroxylation is 1. The molecule has 4 heterocycles. The van der Waals surface area contributed by atoms with Crippen LogP contribution in [0.4, 0.5) is 21.7 Å². The first kappa shape index (κ1) is 23.9. The molecular weight excluding hydrogens is 461 g/mol. The Kier molecular flexibility index (Phi) is 6.20. The van der Waals surface area contributed by atoms with E-state index in [-0.39, 0.29) is 18.1 Å². The van der Waals surface area contributed by atoms with Gasteiger partial charge in [-0.2, -0.15) is 5.26 Å². The standard InChI is InChI=1S/C26H28FN7O2/c1-16-7-22(24(36)34(11-16)6-5-33-12-19(27)13-33)32-25-29-4-3-21(31-25)17-8-18(10-28)23-20(9-17)26(2,15-35)14-30-23/h3-4,7-9,11,19,30,35H,5-6,12-15H2,1-2H3,(H,29,31,32). The number of benzene rings is 1. The molecule has 36 heavy (non-hydrogen) atoms. The molecule has 0 spiro atoms. The first-order chi connectivity index (χ1) is 17.3. The maximum absolute atomic E-state index is 13.1. The van der Waals surface area contributed by atoms with E-state index in [0.29, 0.717) is 49.7 Å². The van der Waals surface area contributed by atoms with Crippen molar-refractivity contribution in [2.75, 3.05) is 43.4 Å². The Morgan fingerprint density at radius 3 is 2.86 bits per heavy atom. The van der Waals surface area contributed by atoms with E-state index in [2.05, 4.69) is 26.7 Å². The Morgan fingerprint density at radius 2 is 2.14 bits per heavy atom. The van der Waals surface area contributed by atoms with E-state index in [4.69, 9.17) is 0 Å². The zero-order chi connectivity index (χ0) is 25.4. The number of rotatable bonds is 7. The molecule has 3 N–H and O–H groups in total. The minimum absolute atomic E-state index is 0.0519. The van der Waals surface area contributed by atoms with Gasteiger partial charge in [0, 0.05) is 56.1 Å². The third kappa shape index (κ3) is 4.43. The summed E-state index contributed by atoms with van der Waals surface area (Å²) in [6, 6.07) is 9.43. The highest BCUT2D eigenvalue weighted by Gasteiger charge is 2.36. The van der Waals surface area contributed by atoms with Crippen LogP contribution in [0.15, 0.2) is 41.5 Å². The molecule has 2 aromatic heterocycles. The van der Waals surface area contributed by atoms with Crippen molar-refractivity contribution >= 4 is 17.3 Å². The number of likely N-dealkylation sites (tertiary alicyclic amines) is 1. The topological polar surface area (TPSA) is 119 Å². The minimum Gasteiger partial charge on any atom is -0.395 e. The number of hydrogen-bond donors (Lipinski definition) is 3. The molecule has 0 bridgehead atoms. The number of aliphatic hydroxyl groups is 1. The zero-order valence-corrected chi connectivity index (χ0v) is 20.3. The summed E-state index contributed by atoms with van der Waals surface area (Å²) in [6.07, 6.45) is 2.61. The van der Waals surface area contributed by atoms with Crippen LogP contribution >= 0.6 is 0 Å². The van der Waals surface area contributed by atoms with E-state index in [1.54, 1.807) is 35.2 Å². The smallest absolute Gasteiger partial charge is 0.274 e. The molecule has 0 amide bonds. The van der Waals surface area contributed by atoms with Crippen molar-refractivity contribution in [2.45, 2.75) is 32.0 Å². The normalized spacial score (nSPS) is 19.3. The number of nitriles is 1. The van der Waals surface area contributed by atoms with Gasteiger partial charge in [-0.25, -0.2) is 14.4 Å². The van der Waals surface area contributed by atoms with Crippen molar-refractivity contribution in [3.05, 3.63) is 63.7 Å². The van der Waals surface area contributed by atoms with Gasteiger partial charge in [0.1, 0.15) is 17.9 Å². The Balaban J connectivity index is 1.43. The van der Waals surface area contributed by atoms with E-state index >= 15 is 0 Å². The van der Waals surface area contributed by atoms with Gasteiger partial charge >= 0.3 is 0 Å². The van der Waals surface area contributed by atoms with Crippen LogP contribution in [0.5, 0.6) is 0 Å². The van der Waals surface area contributed by atoms with Crippen molar-refractivity contribution < 1.29 is 9.50 Å². The third-order valence-corrected chi connectivity index (χ3v) is 6.90. The number of nitrogens with zero attached hydrogens (tertiary/aromatic N) is 5. The number of anilines is 3. The van der Waals surface area contributed by atoms with Crippen molar-refractivity contribution in [1.82, 2.24) is 19.4 Å². The second-order valence-corrected chi connectivity index (χ2v) is 9.81. The Morgan fingerprint density at radius 1 is 1.33 bits per heavy atom. The number of alkyl halides is 1. The van der Waals surface area contributed by atoms with Crippen LogP contribution in [-0.4, -0.2) is 63.5 Å². The number of aliphatic hydroxyl groups excluding tert-OH is 1. The monoisotopic (exact) mass is 489 g/mol.